The Hall–Kier alpha value is -2.63. The monoisotopic (exact) mass is 385 g/mol. The molecule has 3 aromatic rings. The lowest BCUT2D eigenvalue weighted by Crippen LogP contribution is -2.25. The van der Waals surface area contributed by atoms with Gasteiger partial charge in [0, 0.05) is 18.5 Å². The Labute approximate surface area is 162 Å². The van der Waals surface area contributed by atoms with Crippen molar-refractivity contribution >= 4 is 16.7 Å². The lowest BCUT2D eigenvalue weighted by molar-refractivity contribution is -0.137. The summed E-state index contributed by atoms with van der Waals surface area (Å²) in [6.07, 6.45) is 0.404. The molecular weight excluding hydrogens is 363 g/mol. The van der Waals surface area contributed by atoms with Crippen LogP contribution in [0.25, 0.3) is 22.0 Å². The second-order valence-electron chi connectivity index (χ2n) is 7.31. The first-order chi connectivity index (χ1) is 13.4. The van der Waals surface area contributed by atoms with E-state index in [1.54, 1.807) is 6.07 Å². The van der Waals surface area contributed by atoms with Gasteiger partial charge in [-0.2, -0.15) is 13.2 Å². The molecule has 3 nitrogen and oxygen atoms in total. The van der Waals surface area contributed by atoms with E-state index >= 15 is 0 Å². The summed E-state index contributed by atoms with van der Waals surface area (Å²) in [5.74, 6) is 1.60. The molecule has 0 radical (unpaired) electrons. The number of fused-ring (bicyclic) bond motifs is 1. The number of halogens is 3. The first kappa shape index (κ1) is 18.7. The van der Waals surface area contributed by atoms with Crippen LogP contribution in [0.4, 0.5) is 19.0 Å². The van der Waals surface area contributed by atoms with Gasteiger partial charge in [0.2, 0.25) is 0 Å². The molecule has 1 aliphatic rings. The fraction of sp³-hybridized carbons (Fsp3) is 0.364. The van der Waals surface area contributed by atoms with E-state index in [-0.39, 0.29) is 0 Å². The molecule has 1 aromatic heterocycles. The molecule has 0 unspecified atom stereocenters. The van der Waals surface area contributed by atoms with Crippen LogP contribution in [0.1, 0.15) is 37.1 Å². The van der Waals surface area contributed by atoms with Gasteiger partial charge in [-0.05, 0) is 55.2 Å². The van der Waals surface area contributed by atoms with Crippen molar-refractivity contribution in [2.24, 2.45) is 0 Å². The van der Waals surface area contributed by atoms with Crippen molar-refractivity contribution in [3.8, 4) is 11.1 Å². The van der Waals surface area contributed by atoms with Gasteiger partial charge in [-0.25, -0.2) is 9.97 Å². The Kier molecular flexibility index (Phi) is 4.96. The van der Waals surface area contributed by atoms with Crippen molar-refractivity contribution in [1.29, 1.82) is 0 Å². The first-order valence-corrected chi connectivity index (χ1v) is 9.63. The third-order valence-corrected chi connectivity index (χ3v) is 5.22. The van der Waals surface area contributed by atoms with Crippen molar-refractivity contribution < 1.29 is 13.2 Å². The zero-order chi connectivity index (χ0) is 19.7. The van der Waals surface area contributed by atoms with E-state index in [1.807, 2.05) is 25.1 Å². The standard InChI is InChI=1S/C22H22F3N3/c1-15-26-20-14-17(16-7-6-8-18(13-16)22(23,24)25)9-10-19(20)21(27-15)28-11-4-2-3-5-12-28/h6-10,13-14H,2-5,11-12H2,1H3. The van der Waals surface area contributed by atoms with Crippen LogP contribution in [0.15, 0.2) is 42.5 Å². The second-order valence-corrected chi connectivity index (χ2v) is 7.31. The van der Waals surface area contributed by atoms with Gasteiger partial charge in [0.1, 0.15) is 11.6 Å². The van der Waals surface area contributed by atoms with E-state index < -0.39 is 11.7 Å². The highest BCUT2D eigenvalue weighted by Gasteiger charge is 2.30. The molecular formula is C22H22F3N3. The average molecular weight is 385 g/mol. The maximum absolute atomic E-state index is 13.1. The van der Waals surface area contributed by atoms with Crippen LogP contribution in [-0.2, 0) is 6.18 Å². The molecule has 146 valence electrons. The Bertz CT molecular complexity index is 990. The lowest BCUT2D eigenvalue weighted by atomic mass is 10.0. The molecule has 0 saturated carbocycles. The van der Waals surface area contributed by atoms with Gasteiger partial charge in [0.05, 0.1) is 11.1 Å². The van der Waals surface area contributed by atoms with Crippen LogP contribution in [0, 0.1) is 6.92 Å². The van der Waals surface area contributed by atoms with E-state index in [2.05, 4.69) is 14.9 Å². The summed E-state index contributed by atoms with van der Waals surface area (Å²) in [5.41, 5.74) is 1.37. The number of rotatable bonds is 2. The number of aromatic nitrogens is 2. The van der Waals surface area contributed by atoms with Crippen molar-refractivity contribution in [3.63, 3.8) is 0 Å². The molecule has 0 amide bonds. The smallest absolute Gasteiger partial charge is 0.356 e. The third kappa shape index (κ3) is 3.81. The summed E-state index contributed by atoms with van der Waals surface area (Å²) in [5, 5.41) is 0.947. The summed E-state index contributed by atoms with van der Waals surface area (Å²) < 4.78 is 39.2. The molecule has 0 bridgehead atoms. The lowest BCUT2D eigenvalue weighted by Gasteiger charge is -2.23. The van der Waals surface area contributed by atoms with Crippen LogP contribution in [0.5, 0.6) is 0 Å². The van der Waals surface area contributed by atoms with Gasteiger partial charge in [-0.1, -0.05) is 31.0 Å². The Balaban J connectivity index is 1.78. The third-order valence-electron chi connectivity index (χ3n) is 5.22. The molecule has 2 aromatic carbocycles. The maximum Gasteiger partial charge on any atom is 0.416 e. The van der Waals surface area contributed by atoms with Crippen molar-refractivity contribution in [2.45, 2.75) is 38.8 Å². The summed E-state index contributed by atoms with van der Waals surface area (Å²) in [7, 11) is 0. The highest BCUT2D eigenvalue weighted by Crippen LogP contribution is 2.34. The summed E-state index contributed by atoms with van der Waals surface area (Å²) in [6.45, 7) is 3.81. The van der Waals surface area contributed by atoms with Crippen LogP contribution < -0.4 is 4.90 Å². The minimum absolute atomic E-state index is 0.532. The average Bonchev–Trinajstić information content (AvgIpc) is 2.95. The SMILES string of the molecule is Cc1nc(N2CCCCCC2)c2ccc(-c3cccc(C(F)(F)F)c3)cc2n1. The fourth-order valence-electron chi connectivity index (χ4n) is 3.80. The topological polar surface area (TPSA) is 29.0 Å². The number of hydrogen-bond donors (Lipinski definition) is 0. The van der Waals surface area contributed by atoms with Crippen molar-refractivity contribution in [2.75, 3.05) is 18.0 Å². The Morgan fingerprint density at radius 3 is 2.29 bits per heavy atom. The van der Waals surface area contributed by atoms with E-state index in [1.165, 1.54) is 25.0 Å². The van der Waals surface area contributed by atoms with Gasteiger partial charge in [-0.3, -0.25) is 0 Å². The number of benzene rings is 2. The largest absolute Gasteiger partial charge is 0.416 e. The number of alkyl halides is 3. The molecule has 28 heavy (non-hydrogen) atoms. The molecule has 6 heteroatoms. The number of nitrogens with zero attached hydrogens (tertiary/aromatic N) is 3. The van der Waals surface area contributed by atoms with Crippen LogP contribution in [0.2, 0.25) is 0 Å². The minimum atomic E-state index is -4.36. The van der Waals surface area contributed by atoms with Crippen molar-refractivity contribution in [3.05, 3.63) is 53.9 Å². The minimum Gasteiger partial charge on any atom is -0.356 e. The van der Waals surface area contributed by atoms with Crippen LogP contribution in [0.3, 0.4) is 0 Å². The van der Waals surface area contributed by atoms with E-state index in [4.69, 9.17) is 0 Å². The number of anilines is 1. The van der Waals surface area contributed by atoms with Crippen molar-refractivity contribution in [1.82, 2.24) is 9.97 Å². The maximum atomic E-state index is 13.1. The zero-order valence-electron chi connectivity index (χ0n) is 15.8. The number of aryl methyl sites for hydroxylation is 1. The molecule has 4 rings (SSSR count). The van der Waals surface area contributed by atoms with E-state index in [9.17, 15) is 13.2 Å². The molecule has 0 spiro atoms. The number of hydrogen-bond acceptors (Lipinski definition) is 3. The molecule has 1 aliphatic heterocycles. The molecule has 1 fully saturated rings. The molecule has 2 heterocycles. The quantitative estimate of drug-likeness (QED) is 0.541. The predicted octanol–water partition coefficient (Wildman–Crippen LogP) is 6.00. The summed E-state index contributed by atoms with van der Waals surface area (Å²) in [4.78, 5) is 11.5. The van der Waals surface area contributed by atoms with Gasteiger partial charge in [0.25, 0.3) is 0 Å². The highest BCUT2D eigenvalue weighted by molar-refractivity contribution is 5.92. The van der Waals surface area contributed by atoms with Gasteiger partial charge in [0.15, 0.2) is 0 Å². The summed E-state index contributed by atoms with van der Waals surface area (Å²) in [6, 6.07) is 11.1. The normalized spacial score (nSPS) is 15.6. The molecule has 1 saturated heterocycles. The molecule has 0 N–H and O–H groups in total. The van der Waals surface area contributed by atoms with Gasteiger partial charge in [-0.15, -0.1) is 0 Å². The Morgan fingerprint density at radius 1 is 0.857 bits per heavy atom. The second kappa shape index (κ2) is 7.41. The van der Waals surface area contributed by atoms with Crippen LogP contribution in [-0.4, -0.2) is 23.1 Å². The predicted molar refractivity (Wildman–Crippen MR) is 105 cm³/mol. The highest BCUT2D eigenvalue weighted by atomic mass is 19.4. The van der Waals surface area contributed by atoms with Gasteiger partial charge < -0.3 is 4.90 Å². The van der Waals surface area contributed by atoms with Gasteiger partial charge >= 0.3 is 6.18 Å². The zero-order valence-corrected chi connectivity index (χ0v) is 15.8. The molecule has 0 aliphatic carbocycles. The first-order valence-electron chi connectivity index (χ1n) is 9.63. The fourth-order valence-corrected chi connectivity index (χ4v) is 3.80. The Morgan fingerprint density at radius 2 is 1.57 bits per heavy atom. The van der Waals surface area contributed by atoms with Crippen LogP contribution >= 0.6 is 0 Å². The summed E-state index contributed by atoms with van der Waals surface area (Å²) >= 11 is 0. The molecule has 0 atom stereocenters. The van der Waals surface area contributed by atoms with E-state index in [0.717, 1.165) is 54.3 Å². The van der Waals surface area contributed by atoms with E-state index in [0.29, 0.717) is 11.4 Å².